The molecule has 2 aromatic rings. The Kier molecular flexibility index (Phi) is 4.60. The van der Waals surface area contributed by atoms with Gasteiger partial charge >= 0.3 is 0 Å². The minimum Gasteiger partial charge on any atom is -0.309 e. The van der Waals surface area contributed by atoms with E-state index in [1.807, 2.05) is 30.3 Å². The minimum absolute atomic E-state index is 0.713. The predicted octanol–water partition coefficient (Wildman–Crippen LogP) is 2.58. The number of para-hydroxylation sites is 1. The minimum atomic E-state index is 0.713. The first-order valence-electron chi connectivity index (χ1n) is 7.88. The molecule has 0 saturated heterocycles. The zero-order valence-corrected chi connectivity index (χ0v) is 12.6. The summed E-state index contributed by atoms with van der Waals surface area (Å²) in [5, 5.41) is 15.6. The summed E-state index contributed by atoms with van der Waals surface area (Å²) in [7, 11) is 0. The van der Waals surface area contributed by atoms with Gasteiger partial charge in [0.05, 0.1) is 12.2 Å². The van der Waals surface area contributed by atoms with Crippen LogP contribution in [0.5, 0.6) is 0 Å². The van der Waals surface area contributed by atoms with E-state index in [1.165, 1.54) is 25.7 Å². The highest BCUT2D eigenvalue weighted by Crippen LogP contribution is 2.28. The van der Waals surface area contributed by atoms with Crippen molar-refractivity contribution in [1.29, 1.82) is 0 Å². The Morgan fingerprint density at radius 2 is 2.00 bits per heavy atom. The molecule has 1 aromatic heterocycles. The van der Waals surface area contributed by atoms with Crippen molar-refractivity contribution in [2.45, 2.75) is 39.2 Å². The largest absolute Gasteiger partial charge is 0.309 e. The van der Waals surface area contributed by atoms with Crippen molar-refractivity contribution in [3.05, 3.63) is 36.2 Å². The van der Waals surface area contributed by atoms with Crippen molar-refractivity contribution in [2.24, 2.45) is 11.8 Å². The number of nitrogens with one attached hydrogen (secondary N) is 1. The monoisotopic (exact) mass is 285 g/mol. The third-order valence-electron chi connectivity index (χ3n) is 4.51. The summed E-state index contributed by atoms with van der Waals surface area (Å²) in [5.74, 6) is 2.49. The highest BCUT2D eigenvalue weighted by atomic mass is 15.5. The number of hydrogen-bond donors (Lipinski definition) is 1. The number of tetrazole rings is 1. The van der Waals surface area contributed by atoms with E-state index in [9.17, 15) is 0 Å². The standard InChI is InChI=1S/C16H23N5/c1-13-7-5-6-8-14(13)11-17-12-16-18-19-20-21(16)15-9-3-2-4-10-15/h2-4,9-10,13-14,17H,5-8,11-12H2,1H3. The molecule has 1 saturated carbocycles. The van der Waals surface area contributed by atoms with Crippen LogP contribution in [0, 0.1) is 11.8 Å². The molecule has 1 heterocycles. The van der Waals surface area contributed by atoms with Crippen LogP contribution in [0.2, 0.25) is 0 Å². The van der Waals surface area contributed by atoms with Crippen LogP contribution in [0.15, 0.2) is 30.3 Å². The van der Waals surface area contributed by atoms with E-state index in [0.717, 1.165) is 29.9 Å². The summed E-state index contributed by atoms with van der Waals surface area (Å²) in [6.45, 7) is 4.15. The van der Waals surface area contributed by atoms with Crippen LogP contribution >= 0.6 is 0 Å². The van der Waals surface area contributed by atoms with Crippen molar-refractivity contribution in [3.63, 3.8) is 0 Å². The lowest BCUT2D eigenvalue weighted by molar-refractivity contribution is 0.247. The lowest BCUT2D eigenvalue weighted by atomic mass is 9.80. The molecule has 0 bridgehead atoms. The molecule has 3 rings (SSSR count). The maximum atomic E-state index is 4.13. The fourth-order valence-electron chi connectivity index (χ4n) is 3.15. The molecule has 0 spiro atoms. The fraction of sp³-hybridized carbons (Fsp3) is 0.562. The molecule has 5 heteroatoms. The molecule has 1 aliphatic rings. The molecule has 5 nitrogen and oxygen atoms in total. The van der Waals surface area contributed by atoms with Crippen LogP contribution in [0.25, 0.3) is 5.69 Å². The second-order valence-electron chi connectivity index (χ2n) is 6.00. The van der Waals surface area contributed by atoms with E-state index < -0.39 is 0 Å². The van der Waals surface area contributed by atoms with E-state index in [2.05, 4.69) is 27.8 Å². The van der Waals surface area contributed by atoms with Gasteiger partial charge in [-0.15, -0.1) is 5.10 Å². The van der Waals surface area contributed by atoms with Crippen molar-refractivity contribution in [3.8, 4) is 5.69 Å². The summed E-state index contributed by atoms with van der Waals surface area (Å²) < 4.78 is 1.80. The highest BCUT2D eigenvalue weighted by molar-refractivity contribution is 5.30. The number of hydrogen-bond acceptors (Lipinski definition) is 4. The first kappa shape index (κ1) is 14.2. The van der Waals surface area contributed by atoms with Crippen molar-refractivity contribution in [1.82, 2.24) is 25.5 Å². The van der Waals surface area contributed by atoms with E-state index >= 15 is 0 Å². The van der Waals surface area contributed by atoms with E-state index in [-0.39, 0.29) is 0 Å². The fourth-order valence-corrected chi connectivity index (χ4v) is 3.15. The summed E-state index contributed by atoms with van der Waals surface area (Å²) in [4.78, 5) is 0. The van der Waals surface area contributed by atoms with E-state index in [4.69, 9.17) is 0 Å². The highest BCUT2D eigenvalue weighted by Gasteiger charge is 2.20. The van der Waals surface area contributed by atoms with Gasteiger partial charge in [0.2, 0.25) is 0 Å². The Hall–Kier alpha value is -1.75. The summed E-state index contributed by atoms with van der Waals surface area (Å²) in [6, 6.07) is 10.0. The van der Waals surface area contributed by atoms with Gasteiger partial charge in [-0.2, -0.15) is 4.68 Å². The lowest BCUT2D eigenvalue weighted by Gasteiger charge is -2.28. The third-order valence-corrected chi connectivity index (χ3v) is 4.51. The molecule has 0 aliphatic heterocycles. The van der Waals surface area contributed by atoms with E-state index in [1.54, 1.807) is 4.68 Å². The van der Waals surface area contributed by atoms with Crippen LogP contribution in [-0.2, 0) is 6.54 Å². The lowest BCUT2D eigenvalue weighted by Crippen LogP contribution is -2.29. The molecule has 0 amide bonds. The Morgan fingerprint density at radius 1 is 1.19 bits per heavy atom. The molecule has 1 aromatic carbocycles. The number of benzene rings is 1. The van der Waals surface area contributed by atoms with Gasteiger partial charge < -0.3 is 5.32 Å². The maximum Gasteiger partial charge on any atom is 0.170 e. The third kappa shape index (κ3) is 3.47. The van der Waals surface area contributed by atoms with Gasteiger partial charge in [0.25, 0.3) is 0 Å². The molecule has 1 fully saturated rings. The molecular formula is C16H23N5. The number of aromatic nitrogens is 4. The van der Waals surface area contributed by atoms with Crippen LogP contribution in [0.4, 0.5) is 0 Å². The Labute approximate surface area is 125 Å². The van der Waals surface area contributed by atoms with Crippen LogP contribution < -0.4 is 5.32 Å². The van der Waals surface area contributed by atoms with Crippen molar-refractivity contribution in [2.75, 3.05) is 6.54 Å². The van der Waals surface area contributed by atoms with Gasteiger partial charge in [-0.05, 0) is 47.4 Å². The average Bonchev–Trinajstić information content (AvgIpc) is 2.99. The molecule has 0 radical (unpaired) electrons. The molecule has 2 atom stereocenters. The molecule has 1 N–H and O–H groups in total. The molecule has 2 unspecified atom stereocenters. The zero-order chi connectivity index (χ0) is 14.5. The molecule has 21 heavy (non-hydrogen) atoms. The van der Waals surface area contributed by atoms with Gasteiger partial charge in [0, 0.05) is 0 Å². The van der Waals surface area contributed by atoms with E-state index in [0.29, 0.717) is 6.54 Å². The first-order valence-corrected chi connectivity index (χ1v) is 7.88. The summed E-state index contributed by atoms with van der Waals surface area (Å²) >= 11 is 0. The van der Waals surface area contributed by atoms with Crippen LogP contribution in [0.1, 0.15) is 38.4 Å². The molecular weight excluding hydrogens is 262 g/mol. The second-order valence-corrected chi connectivity index (χ2v) is 6.00. The molecule has 112 valence electrons. The quantitative estimate of drug-likeness (QED) is 0.917. The number of rotatable bonds is 5. The number of nitrogens with zero attached hydrogens (tertiary/aromatic N) is 4. The smallest absolute Gasteiger partial charge is 0.170 e. The van der Waals surface area contributed by atoms with Crippen LogP contribution in [0.3, 0.4) is 0 Å². The topological polar surface area (TPSA) is 55.6 Å². The van der Waals surface area contributed by atoms with Gasteiger partial charge in [-0.25, -0.2) is 0 Å². The van der Waals surface area contributed by atoms with Crippen LogP contribution in [-0.4, -0.2) is 26.8 Å². The van der Waals surface area contributed by atoms with Gasteiger partial charge in [0.15, 0.2) is 5.82 Å². The summed E-state index contributed by atoms with van der Waals surface area (Å²) in [6.07, 6.45) is 5.48. The van der Waals surface area contributed by atoms with Gasteiger partial charge in [-0.1, -0.05) is 44.4 Å². The first-order chi connectivity index (χ1) is 10.3. The molecule has 1 aliphatic carbocycles. The van der Waals surface area contributed by atoms with Gasteiger partial charge in [0.1, 0.15) is 0 Å². The Bertz CT molecular complexity index is 551. The van der Waals surface area contributed by atoms with Crippen molar-refractivity contribution < 1.29 is 0 Å². The van der Waals surface area contributed by atoms with Crippen molar-refractivity contribution >= 4 is 0 Å². The average molecular weight is 285 g/mol. The normalized spacial score (nSPS) is 22.3. The zero-order valence-electron chi connectivity index (χ0n) is 12.6. The second kappa shape index (κ2) is 6.80. The maximum absolute atomic E-state index is 4.13. The Balaban J connectivity index is 1.58. The summed E-state index contributed by atoms with van der Waals surface area (Å²) in [5.41, 5.74) is 1.00. The van der Waals surface area contributed by atoms with Gasteiger partial charge in [-0.3, -0.25) is 0 Å². The Morgan fingerprint density at radius 3 is 2.81 bits per heavy atom. The predicted molar refractivity (Wildman–Crippen MR) is 82.0 cm³/mol. The SMILES string of the molecule is CC1CCCCC1CNCc1nnnn1-c1ccccc1.